The van der Waals surface area contributed by atoms with Gasteiger partial charge in [-0.05, 0) is 56.6 Å². The van der Waals surface area contributed by atoms with E-state index in [4.69, 9.17) is 28.4 Å². The molecule has 0 aromatic heterocycles. The van der Waals surface area contributed by atoms with Crippen molar-refractivity contribution in [3.63, 3.8) is 0 Å². The molecule has 0 heterocycles. The first-order chi connectivity index (χ1) is 19.8. The van der Waals surface area contributed by atoms with Crippen molar-refractivity contribution in [1.82, 2.24) is 5.32 Å². The van der Waals surface area contributed by atoms with Gasteiger partial charge in [0.25, 0.3) is 0 Å². The standard InChI is InChI=1S/C33H55NO7/c1-28(12-13-31-30(3)11-8-14-33(31,4)5)9-7-10-29(2)27-32(35)34-15-16-37-19-20-39-23-24-41-26-25-40-22-21-38-18-17-36-6/h7,9-10,12-13,27H,8,11,14-26H2,1-6H3,(H,34,35). The van der Waals surface area contributed by atoms with Gasteiger partial charge in [-0.15, -0.1) is 0 Å². The van der Waals surface area contributed by atoms with Gasteiger partial charge in [-0.2, -0.15) is 0 Å². The molecule has 1 amide bonds. The van der Waals surface area contributed by atoms with E-state index in [0.717, 1.165) is 5.57 Å². The molecule has 0 aromatic carbocycles. The molecule has 234 valence electrons. The van der Waals surface area contributed by atoms with Crippen LogP contribution in [0.25, 0.3) is 0 Å². The van der Waals surface area contributed by atoms with Gasteiger partial charge in [-0.1, -0.05) is 55.4 Å². The van der Waals surface area contributed by atoms with E-state index in [0.29, 0.717) is 79.2 Å². The van der Waals surface area contributed by atoms with E-state index in [-0.39, 0.29) is 11.3 Å². The second-order valence-electron chi connectivity index (χ2n) is 10.8. The summed E-state index contributed by atoms with van der Waals surface area (Å²) in [6.07, 6.45) is 15.8. The van der Waals surface area contributed by atoms with Gasteiger partial charge in [-0.25, -0.2) is 0 Å². The molecule has 0 fully saturated rings. The van der Waals surface area contributed by atoms with Crippen LogP contribution in [0.3, 0.4) is 0 Å². The van der Waals surface area contributed by atoms with Crippen LogP contribution in [0.15, 0.2) is 58.7 Å². The van der Waals surface area contributed by atoms with E-state index in [2.05, 4.69) is 51.2 Å². The number of rotatable bonds is 23. The van der Waals surface area contributed by atoms with Crippen molar-refractivity contribution in [2.45, 2.75) is 53.9 Å². The molecule has 1 N–H and O–H groups in total. The van der Waals surface area contributed by atoms with Gasteiger partial charge >= 0.3 is 0 Å². The summed E-state index contributed by atoms with van der Waals surface area (Å²) in [5.74, 6) is -0.130. The highest BCUT2D eigenvalue weighted by molar-refractivity contribution is 5.88. The molecule has 0 spiro atoms. The maximum absolute atomic E-state index is 12.1. The fraction of sp³-hybridized carbons (Fsp3) is 0.667. The molecule has 0 aromatic rings. The fourth-order valence-corrected chi connectivity index (χ4v) is 4.31. The zero-order valence-electron chi connectivity index (χ0n) is 26.4. The van der Waals surface area contributed by atoms with Gasteiger partial charge in [-0.3, -0.25) is 4.79 Å². The van der Waals surface area contributed by atoms with Crippen molar-refractivity contribution >= 4 is 5.91 Å². The van der Waals surface area contributed by atoms with Crippen LogP contribution in [0, 0.1) is 5.41 Å². The minimum absolute atomic E-state index is 0.130. The van der Waals surface area contributed by atoms with Crippen molar-refractivity contribution in [3.05, 3.63) is 58.7 Å². The summed E-state index contributed by atoms with van der Waals surface area (Å²) in [6.45, 7) is 17.1. The molecule has 0 bridgehead atoms. The average molecular weight is 578 g/mol. The number of ether oxygens (including phenoxy) is 6. The number of carbonyl (C=O) groups excluding carboxylic acids is 1. The van der Waals surface area contributed by atoms with E-state index in [9.17, 15) is 4.79 Å². The summed E-state index contributed by atoms with van der Waals surface area (Å²) in [7, 11) is 1.65. The van der Waals surface area contributed by atoms with Crippen molar-refractivity contribution in [1.29, 1.82) is 0 Å². The quantitative estimate of drug-likeness (QED) is 0.0994. The molecule has 0 saturated heterocycles. The van der Waals surface area contributed by atoms with E-state index >= 15 is 0 Å². The van der Waals surface area contributed by atoms with Gasteiger partial charge in [0, 0.05) is 19.7 Å². The Labute approximate surface area is 248 Å². The SMILES string of the molecule is COCCOCCOCCOCCOCCOCCNC(=O)C=C(C)C=CC=C(C)C=CC1=C(C)CCCC1(C)C. The Hall–Kier alpha value is -2.07. The van der Waals surface area contributed by atoms with Gasteiger partial charge in [0.15, 0.2) is 0 Å². The van der Waals surface area contributed by atoms with Crippen LogP contribution >= 0.6 is 0 Å². The summed E-state index contributed by atoms with van der Waals surface area (Å²) in [5, 5.41) is 2.84. The Morgan fingerprint density at radius 3 is 1.88 bits per heavy atom. The lowest BCUT2D eigenvalue weighted by molar-refractivity contribution is -0.116. The zero-order chi connectivity index (χ0) is 30.2. The Bertz CT molecular complexity index is 871. The summed E-state index contributed by atoms with van der Waals surface area (Å²) in [5.41, 5.74) is 5.27. The summed E-state index contributed by atoms with van der Waals surface area (Å²) < 4.78 is 32.0. The smallest absolute Gasteiger partial charge is 0.244 e. The van der Waals surface area contributed by atoms with Crippen molar-refractivity contribution in [2.24, 2.45) is 5.41 Å². The second kappa shape index (κ2) is 23.5. The zero-order valence-corrected chi connectivity index (χ0v) is 26.4. The molecule has 0 radical (unpaired) electrons. The van der Waals surface area contributed by atoms with Crippen molar-refractivity contribution < 1.29 is 33.2 Å². The number of carbonyl (C=O) groups is 1. The molecule has 1 rings (SSSR count). The number of hydrogen-bond donors (Lipinski definition) is 1. The Morgan fingerprint density at radius 2 is 1.34 bits per heavy atom. The molecule has 0 atom stereocenters. The number of hydrogen-bond acceptors (Lipinski definition) is 7. The first kappa shape index (κ1) is 37.0. The molecule has 41 heavy (non-hydrogen) atoms. The largest absolute Gasteiger partial charge is 0.382 e. The Morgan fingerprint density at radius 1 is 0.805 bits per heavy atom. The molecule has 1 aliphatic rings. The lowest BCUT2D eigenvalue weighted by atomic mass is 9.72. The first-order valence-electron chi connectivity index (χ1n) is 14.8. The summed E-state index contributed by atoms with van der Waals surface area (Å²) in [4.78, 5) is 12.1. The van der Waals surface area contributed by atoms with Crippen LogP contribution < -0.4 is 5.32 Å². The Balaban J connectivity index is 2.06. The van der Waals surface area contributed by atoms with Crippen LogP contribution in [-0.4, -0.2) is 92.2 Å². The maximum Gasteiger partial charge on any atom is 0.244 e. The van der Waals surface area contributed by atoms with Crippen LogP contribution in [0.5, 0.6) is 0 Å². The van der Waals surface area contributed by atoms with Crippen molar-refractivity contribution in [3.8, 4) is 0 Å². The predicted molar refractivity (Wildman–Crippen MR) is 165 cm³/mol. The predicted octanol–water partition coefficient (Wildman–Crippen LogP) is 5.36. The lowest BCUT2D eigenvalue weighted by Crippen LogP contribution is -2.26. The van der Waals surface area contributed by atoms with Crippen LogP contribution in [-0.2, 0) is 33.2 Å². The van der Waals surface area contributed by atoms with Crippen LogP contribution in [0.1, 0.15) is 53.9 Å². The average Bonchev–Trinajstić information content (AvgIpc) is 2.91. The Kier molecular flexibility index (Phi) is 21.2. The lowest BCUT2D eigenvalue weighted by Gasteiger charge is -2.32. The van der Waals surface area contributed by atoms with Crippen LogP contribution in [0.4, 0.5) is 0 Å². The van der Waals surface area contributed by atoms with E-state index in [1.54, 1.807) is 13.2 Å². The van der Waals surface area contributed by atoms with Crippen LogP contribution in [0.2, 0.25) is 0 Å². The number of allylic oxidation sites excluding steroid dienone is 9. The van der Waals surface area contributed by atoms with Gasteiger partial charge < -0.3 is 33.7 Å². The van der Waals surface area contributed by atoms with Crippen molar-refractivity contribution in [2.75, 3.05) is 86.3 Å². The summed E-state index contributed by atoms with van der Waals surface area (Å²) in [6, 6.07) is 0. The third-order valence-corrected chi connectivity index (χ3v) is 6.60. The number of nitrogens with one attached hydrogen (secondary N) is 1. The molecular weight excluding hydrogens is 522 g/mol. The minimum atomic E-state index is -0.130. The molecule has 0 aliphatic heterocycles. The molecule has 8 heteroatoms. The van der Waals surface area contributed by atoms with Gasteiger partial charge in [0.1, 0.15) is 0 Å². The van der Waals surface area contributed by atoms with Gasteiger partial charge in [0.05, 0.1) is 72.7 Å². The highest BCUT2D eigenvalue weighted by Crippen LogP contribution is 2.40. The summed E-state index contributed by atoms with van der Waals surface area (Å²) >= 11 is 0. The molecular formula is C33H55NO7. The topological polar surface area (TPSA) is 84.5 Å². The molecule has 8 nitrogen and oxygen atoms in total. The molecule has 0 unspecified atom stereocenters. The first-order valence-corrected chi connectivity index (χ1v) is 14.8. The normalized spacial score (nSPS) is 16.3. The monoisotopic (exact) mass is 577 g/mol. The van der Waals surface area contributed by atoms with Gasteiger partial charge in [0.2, 0.25) is 5.91 Å². The highest BCUT2D eigenvalue weighted by atomic mass is 16.6. The van der Waals surface area contributed by atoms with E-state index in [1.807, 2.05) is 19.1 Å². The molecule has 1 aliphatic carbocycles. The number of amides is 1. The second-order valence-corrected chi connectivity index (χ2v) is 10.8. The van der Waals surface area contributed by atoms with E-state index < -0.39 is 0 Å². The fourth-order valence-electron chi connectivity index (χ4n) is 4.31. The third-order valence-electron chi connectivity index (χ3n) is 6.60. The third kappa shape index (κ3) is 19.6. The highest BCUT2D eigenvalue weighted by Gasteiger charge is 2.26. The minimum Gasteiger partial charge on any atom is -0.382 e. The molecule has 0 saturated carbocycles. The van der Waals surface area contributed by atoms with E-state index in [1.165, 1.54) is 36.0 Å². The number of methoxy groups -OCH3 is 1. The maximum atomic E-state index is 12.1.